The predicted molar refractivity (Wildman–Crippen MR) is 142 cm³/mol. The van der Waals surface area contributed by atoms with E-state index in [-0.39, 0.29) is 30.7 Å². The zero-order chi connectivity index (χ0) is 21.8. The summed E-state index contributed by atoms with van der Waals surface area (Å²) in [6, 6.07) is 15.2. The minimum atomic E-state index is 0. The lowest BCUT2D eigenvalue weighted by molar-refractivity contribution is 0.0624. The summed E-state index contributed by atoms with van der Waals surface area (Å²) < 4.78 is 3.05. The average molecular weight is 619 g/mol. The Bertz CT molecular complexity index is 1120. The first kappa shape index (κ1) is 27.4. The first-order chi connectivity index (χ1) is 15.0. The second kappa shape index (κ2) is 12.6. The van der Waals surface area contributed by atoms with E-state index in [0.717, 1.165) is 34.5 Å². The van der Waals surface area contributed by atoms with Crippen molar-refractivity contribution in [1.82, 2.24) is 19.4 Å². The lowest BCUT2D eigenvalue weighted by atomic mass is 10.1. The minimum Gasteiger partial charge on any atom is -0.336 e. The fourth-order valence-electron chi connectivity index (χ4n) is 3.67. The molecule has 1 saturated heterocycles. The van der Waals surface area contributed by atoms with E-state index in [2.05, 4.69) is 43.1 Å². The van der Waals surface area contributed by atoms with Crippen LogP contribution in [0.3, 0.4) is 0 Å². The Morgan fingerprint density at radius 2 is 1.76 bits per heavy atom. The molecule has 1 aliphatic heterocycles. The number of amides is 1. The van der Waals surface area contributed by atoms with Gasteiger partial charge >= 0.3 is 0 Å². The van der Waals surface area contributed by atoms with Crippen molar-refractivity contribution in [1.29, 1.82) is 5.26 Å². The normalized spacial score (nSPS) is 13.5. The molecule has 0 saturated carbocycles. The number of carbonyl (C=O) groups is 1. The van der Waals surface area contributed by atoms with Crippen LogP contribution in [0.15, 0.2) is 55.0 Å². The smallest absolute Gasteiger partial charge is 0.255 e. The summed E-state index contributed by atoms with van der Waals surface area (Å²) in [5, 5.41) is 9.53. The Kier molecular flexibility index (Phi) is 10.5. The van der Waals surface area contributed by atoms with Crippen LogP contribution in [0.5, 0.6) is 0 Å². The fourth-order valence-corrected chi connectivity index (χ4v) is 4.41. The highest BCUT2D eigenvalue weighted by atomic mass is 127. The van der Waals surface area contributed by atoms with E-state index in [1.807, 2.05) is 47.8 Å². The Hall–Kier alpha value is -1.83. The summed E-state index contributed by atoms with van der Waals surface area (Å²) in [7, 11) is 0. The van der Waals surface area contributed by atoms with Crippen LogP contribution >= 0.6 is 59.0 Å². The number of piperazine rings is 1. The van der Waals surface area contributed by atoms with Crippen LogP contribution in [0.1, 0.15) is 27.2 Å². The summed E-state index contributed by atoms with van der Waals surface area (Å²) in [4.78, 5) is 21.5. The van der Waals surface area contributed by atoms with Crippen LogP contribution in [-0.4, -0.2) is 51.4 Å². The molecule has 0 spiro atoms. The first-order valence-electron chi connectivity index (χ1n) is 9.98. The van der Waals surface area contributed by atoms with Crippen molar-refractivity contribution in [2.75, 3.05) is 26.2 Å². The molecular formula is C23H23Cl3IN5O. The molecule has 0 N–H and O–H groups in total. The molecule has 6 nitrogen and oxygen atoms in total. The van der Waals surface area contributed by atoms with Crippen LogP contribution in [0.4, 0.5) is 0 Å². The summed E-state index contributed by atoms with van der Waals surface area (Å²) in [6.45, 7) is 4.49. The predicted octanol–water partition coefficient (Wildman–Crippen LogP) is 4.86. The van der Waals surface area contributed by atoms with Crippen molar-refractivity contribution < 1.29 is 4.79 Å². The van der Waals surface area contributed by atoms with Crippen molar-refractivity contribution in [2.45, 2.75) is 13.1 Å². The summed E-state index contributed by atoms with van der Waals surface area (Å²) >= 11 is 8.27. The van der Waals surface area contributed by atoms with Gasteiger partial charge in [-0.2, -0.15) is 5.26 Å². The van der Waals surface area contributed by atoms with Gasteiger partial charge in [0.1, 0.15) is 0 Å². The van der Waals surface area contributed by atoms with Crippen LogP contribution < -0.4 is 0 Å². The lowest BCUT2D eigenvalue weighted by Gasteiger charge is -2.35. The molecular weight excluding hydrogens is 596 g/mol. The second-order valence-corrected chi connectivity index (χ2v) is 9.11. The third-order valence-corrected chi connectivity index (χ3v) is 6.61. The van der Waals surface area contributed by atoms with E-state index in [9.17, 15) is 4.79 Å². The molecule has 1 fully saturated rings. The fraction of sp³-hybridized carbons (Fsp3) is 0.261. The zero-order valence-corrected chi connectivity index (χ0v) is 22.2. The zero-order valence-electron chi connectivity index (χ0n) is 17.7. The molecule has 1 aromatic heterocycles. The molecule has 3 aromatic rings. The van der Waals surface area contributed by atoms with Crippen LogP contribution in [0.2, 0.25) is 5.02 Å². The molecule has 0 atom stereocenters. The summed E-state index contributed by atoms with van der Waals surface area (Å²) in [5.41, 5.74) is 3.59. The maximum Gasteiger partial charge on any atom is 0.255 e. The van der Waals surface area contributed by atoms with Gasteiger partial charge in [-0.15, -0.1) is 24.8 Å². The van der Waals surface area contributed by atoms with Gasteiger partial charge in [0.05, 0.1) is 29.2 Å². The number of aromatic nitrogens is 2. The average Bonchev–Trinajstić information content (AvgIpc) is 3.22. The standard InChI is InChI=1S/C23H21ClIN5O.2ClH/c24-19-5-6-22(25)21(11-19)23(31)29-9-7-28(8-10-29)15-20-13-27-16-30(20)14-18-3-1-17(12-26)2-4-18;;/h1-6,11,13,16H,7-10,14-15H2;2*1H. The molecule has 2 heterocycles. The summed E-state index contributed by atoms with van der Waals surface area (Å²) in [6.07, 6.45) is 3.74. The number of rotatable bonds is 5. The van der Waals surface area contributed by atoms with Gasteiger partial charge in [-0.3, -0.25) is 9.69 Å². The third-order valence-electron chi connectivity index (χ3n) is 5.44. The van der Waals surface area contributed by atoms with Crippen molar-refractivity contribution in [2.24, 2.45) is 0 Å². The van der Waals surface area contributed by atoms with Gasteiger partial charge in [0, 0.05) is 54.1 Å². The van der Waals surface area contributed by atoms with E-state index in [4.69, 9.17) is 16.9 Å². The molecule has 0 aliphatic carbocycles. The van der Waals surface area contributed by atoms with Gasteiger partial charge in [-0.25, -0.2) is 4.98 Å². The van der Waals surface area contributed by atoms with Gasteiger partial charge in [-0.1, -0.05) is 23.7 Å². The van der Waals surface area contributed by atoms with Crippen molar-refractivity contribution in [3.05, 3.63) is 86.0 Å². The molecule has 0 radical (unpaired) electrons. The van der Waals surface area contributed by atoms with Gasteiger partial charge in [0.2, 0.25) is 0 Å². The molecule has 1 aliphatic rings. The second-order valence-electron chi connectivity index (χ2n) is 7.51. The van der Waals surface area contributed by atoms with Crippen LogP contribution in [0.25, 0.3) is 0 Å². The van der Waals surface area contributed by atoms with Gasteiger partial charge in [0.15, 0.2) is 0 Å². The number of nitriles is 1. The number of benzene rings is 2. The first-order valence-corrected chi connectivity index (χ1v) is 11.4. The van der Waals surface area contributed by atoms with E-state index in [0.29, 0.717) is 35.8 Å². The number of nitrogens with zero attached hydrogens (tertiary/aromatic N) is 5. The van der Waals surface area contributed by atoms with Gasteiger partial charge < -0.3 is 9.47 Å². The SMILES string of the molecule is Cl.Cl.N#Cc1ccc(Cn2cncc2CN2CCN(C(=O)c3cc(Cl)ccc3I)CC2)cc1. The monoisotopic (exact) mass is 617 g/mol. The highest BCUT2D eigenvalue weighted by Crippen LogP contribution is 2.21. The number of imidazole rings is 1. The maximum atomic E-state index is 12.9. The number of hydrogen-bond acceptors (Lipinski definition) is 4. The van der Waals surface area contributed by atoms with E-state index < -0.39 is 0 Å². The lowest BCUT2D eigenvalue weighted by Crippen LogP contribution is -2.48. The van der Waals surface area contributed by atoms with Crippen LogP contribution in [-0.2, 0) is 13.1 Å². The van der Waals surface area contributed by atoms with Crippen molar-refractivity contribution >= 4 is 64.9 Å². The largest absolute Gasteiger partial charge is 0.336 e. The quantitative estimate of drug-likeness (QED) is 0.383. The van der Waals surface area contributed by atoms with E-state index in [1.165, 1.54) is 0 Å². The molecule has 174 valence electrons. The Labute approximate surface area is 224 Å². The molecule has 4 rings (SSSR count). The minimum absolute atomic E-state index is 0. The van der Waals surface area contributed by atoms with E-state index in [1.54, 1.807) is 12.1 Å². The van der Waals surface area contributed by atoms with E-state index >= 15 is 0 Å². The number of hydrogen-bond donors (Lipinski definition) is 0. The number of halogens is 4. The Morgan fingerprint density at radius 3 is 2.42 bits per heavy atom. The molecule has 1 amide bonds. The van der Waals surface area contributed by atoms with Gasteiger partial charge in [0.25, 0.3) is 5.91 Å². The maximum absolute atomic E-state index is 12.9. The van der Waals surface area contributed by atoms with Crippen molar-refractivity contribution in [3.8, 4) is 6.07 Å². The molecule has 10 heteroatoms. The van der Waals surface area contributed by atoms with Crippen molar-refractivity contribution in [3.63, 3.8) is 0 Å². The molecule has 2 aromatic carbocycles. The highest BCUT2D eigenvalue weighted by Gasteiger charge is 2.24. The highest BCUT2D eigenvalue weighted by molar-refractivity contribution is 14.1. The molecule has 0 unspecified atom stereocenters. The third kappa shape index (κ3) is 6.84. The topological polar surface area (TPSA) is 65.2 Å². The Morgan fingerprint density at radius 1 is 1.06 bits per heavy atom. The Balaban J connectivity index is 0.00000193. The van der Waals surface area contributed by atoms with Crippen LogP contribution in [0, 0.1) is 14.9 Å². The number of carbonyl (C=O) groups excluding carboxylic acids is 1. The molecule has 33 heavy (non-hydrogen) atoms. The van der Waals surface area contributed by atoms with Gasteiger partial charge in [-0.05, 0) is 58.5 Å². The summed E-state index contributed by atoms with van der Waals surface area (Å²) in [5.74, 6) is 0.0393. The molecule has 0 bridgehead atoms.